The molecule has 0 aromatic rings. The monoisotopic (exact) mass is 179 g/mol. The molecular formula is C12H21N. The van der Waals surface area contributed by atoms with Crippen molar-refractivity contribution in [2.24, 2.45) is 5.92 Å². The van der Waals surface area contributed by atoms with Crippen LogP contribution in [0.15, 0.2) is 23.9 Å². The van der Waals surface area contributed by atoms with E-state index < -0.39 is 0 Å². The molecule has 1 aliphatic carbocycles. The summed E-state index contributed by atoms with van der Waals surface area (Å²) in [7, 11) is 2.16. The third-order valence-electron chi connectivity index (χ3n) is 2.69. The minimum absolute atomic E-state index is 0.219. The first-order chi connectivity index (χ1) is 5.91. The zero-order valence-corrected chi connectivity index (χ0v) is 9.46. The molecule has 0 bridgehead atoms. The SMILES string of the molecule is CC1C=CC(N(C)C(C)(C)C)=CC1. The minimum Gasteiger partial charge on any atom is -0.370 e. The van der Waals surface area contributed by atoms with Crippen LogP contribution in [0.5, 0.6) is 0 Å². The summed E-state index contributed by atoms with van der Waals surface area (Å²) in [4.78, 5) is 2.33. The minimum atomic E-state index is 0.219. The van der Waals surface area contributed by atoms with Crippen molar-refractivity contribution in [1.29, 1.82) is 0 Å². The summed E-state index contributed by atoms with van der Waals surface area (Å²) in [6.45, 7) is 8.96. The molecule has 1 rings (SSSR count). The van der Waals surface area contributed by atoms with Crippen LogP contribution in [0.3, 0.4) is 0 Å². The van der Waals surface area contributed by atoms with Gasteiger partial charge < -0.3 is 4.90 Å². The van der Waals surface area contributed by atoms with Gasteiger partial charge in [-0.15, -0.1) is 0 Å². The largest absolute Gasteiger partial charge is 0.370 e. The van der Waals surface area contributed by atoms with Crippen LogP contribution in [0.4, 0.5) is 0 Å². The number of hydrogen-bond donors (Lipinski definition) is 0. The second-order valence-corrected chi connectivity index (χ2v) is 4.93. The predicted octanol–water partition coefficient (Wildman–Crippen LogP) is 3.20. The van der Waals surface area contributed by atoms with Crippen LogP contribution in [-0.2, 0) is 0 Å². The molecule has 1 aliphatic rings. The lowest BCUT2D eigenvalue weighted by atomic mass is 9.98. The van der Waals surface area contributed by atoms with E-state index in [2.05, 4.69) is 57.9 Å². The summed E-state index contributed by atoms with van der Waals surface area (Å²) in [6, 6.07) is 0. The Kier molecular flexibility index (Phi) is 2.84. The van der Waals surface area contributed by atoms with Gasteiger partial charge in [0.25, 0.3) is 0 Å². The molecule has 0 heterocycles. The fraction of sp³-hybridized carbons (Fsp3) is 0.667. The fourth-order valence-corrected chi connectivity index (χ4v) is 1.35. The molecule has 1 atom stereocenters. The molecule has 0 N–H and O–H groups in total. The van der Waals surface area contributed by atoms with Crippen LogP contribution in [0.2, 0.25) is 0 Å². The van der Waals surface area contributed by atoms with E-state index in [1.807, 2.05) is 0 Å². The van der Waals surface area contributed by atoms with Crippen LogP contribution >= 0.6 is 0 Å². The standard InChI is InChI=1S/C12H21N/c1-10-6-8-11(9-7-10)13(5)12(2,3)4/h6,8-10H,7H2,1-5H3. The molecular weight excluding hydrogens is 158 g/mol. The molecule has 0 aliphatic heterocycles. The summed E-state index contributed by atoms with van der Waals surface area (Å²) < 4.78 is 0. The first-order valence-corrected chi connectivity index (χ1v) is 5.03. The van der Waals surface area contributed by atoms with Crippen LogP contribution in [0.25, 0.3) is 0 Å². The molecule has 0 saturated heterocycles. The number of allylic oxidation sites excluding steroid dienone is 3. The molecule has 74 valence electrons. The van der Waals surface area contributed by atoms with Crippen LogP contribution in [-0.4, -0.2) is 17.5 Å². The van der Waals surface area contributed by atoms with E-state index >= 15 is 0 Å². The Hall–Kier alpha value is -0.720. The Bertz CT molecular complexity index is 230. The lowest BCUT2D eigenvalue weighted by molar-refractivity contribution is 0.233. The molecule has 0 amide bonds. The molecule has 0 aromatic heterocycles. The summed E-state index contributed by atoms with van der Waals surface area (Å²) in [5, 5.41) is 0. The Balaban J connectivity index is 2.70. The van der Waals surface area contributed by atoms with Gasteiger partial charge in [0.1, 0.15) is 0 Å². The highest BCUT2D eigenvalue weighted by atomic mass is 15.2. The molecule has 0 aromatic carbocycles. The van der Waals surface area contributed by atoms with Gasteiger partial charge in [-0.05, 0) is 39.2 Å². The second-order valence-electron chi connectivity index (χ2n) is 4.93. The first-order valence-electron chi connectivity index (χ1n) is 5.03. The van der Waals surface area contributed by atoms with Gasteiger partial charge in [-0.25, -0.2) is 0 Å². The zero-order valence-electron chi connectivity index (χ0n) is 9.46. The maximum absolute atomic E-state index is 2.33. The van der Waals surface area contributed by atoms with Crippen molar-refractivity contribution in [1.82, 2.24) is 4.90 Å². The second kappa shape index (κ2) is 3.57. The lowest BCUT2D eigenvalue weighted by Crippen LogP contribution is -2.37. The maximum Gasteiger partial charge on any atom is 0.0324 e. The fourth-order valence-electron chi connectivity index (χ4n) is 1.35. The van der Waals surface area contributed by atoms with Crippen molar-refractivity contribution in [3.8, 4) is 0 Å². The predicted molar refractivity (Wildman–Crippen MR) is 58.5 cm³/mol. The van der Waals surface area contributed by atoms with Crippen molar-refractivity contribution in [3.05, 3.63) is 23.9 Å². The molecule has 1 heteroatoms. The van der Waals surface area contributed by atoms with E-state index in [-0.39, 0.29) is 5.54 Å². The number of rotatable bonds is 1. The van der Waals surface area contributed by atoms with Crippen molar-refractivity contribution in [2.45, 2.75) is 39.7 Å². The van der Waals surface area contributed by atoms with E-state index in [4.69, 9.17) is 0 Å². The Morgan fingerprint density at radius 1 is 1.38 bits per heavy atom. The highest BCUT2D eigenvalue weighted by molar-refractivity contribution is 5.23. The van der Waals surface area contributed by atoms with Gasteiger partial charge in [0.15, 0.2) is 0 Å². The molecule has 0 saturated carbocycles. The van der Waals surface area contributed by atoms with Crippen LogP contribution in [0.1, 0.15) is 34.1 Å². The number of nitrogens with zero attached hydrogens (tertiary/aromatic N) is 1. The van der Waals surface area contributed by atoms with Crippen molar-refractivity contribution in [2.75, 3.05) is 7.05 Å². The quantitative estimate of drug-likeness (QED) is 0.597. The van der Waals surface area contributed by atoms with Gasteiger partial charge in [-0.2, -0.15) is 0 Å². The Morgan fingerprint density at radius 2 is 2.00 bits per heavy atom. The number of likely N-dealkylation sites (N-methyl/N-ethyl adjacent to an activating group) is 1. The third kappa shape index (κ3) is 2.61. The summed E-state index contributed by atoms with van der Waals surface area (Å²) in [5.41, 5.74) is 1.57. The molecule has 1 unspecified atom stereocenters. The molecule has 1 nitrogen and oxygen atoms in total. The maximum atomic E-state index is 2.33. The average molecular weight is 179 g/mol. The van der Waals surface area contributed by atoms with E-state index in [9.17, 15) is 0 Å². The smallest absolute Gasteiger partial charge is 0.0324 e. The molecule has 0 radical (unpaired) electrons. The third-order valence-corrected chi connectivity index (χ3v) is 2.69. The van der Waals surface area contributed by atoms with Crippen LogP contribution < -0.4 is 0 Å². The van der Waals surface area contributed by atoms with E-state index in [1.54, 1.807) is 0 Å². The van der Waals surface area contributed by atoms with E-state index in [0.29, 0.717) is 5.92 Å². The highest BCUT2D eigenvalue weighted by Gasteiger charge is 2.19. The van der Waals surface area contributed by atoms with Gasteiger partial charge in [0.2, 0.25) is 0 Å². The normalized spacial score (nSPS) is 22.8. The first kappa shape index (κ1) is 10.4. The van der Waals surface area contributed by atoms with Crippen LogP contribution in [0, 0.1) is 5.92 Å². The summed E-state index contributed by atoms with van der Waals surface area (Å²) in [5.74, 6) is 0.706. The summed E-state index contributed by atoms with van der Waals surface area (Å²) in [6.07, 6.45) is 8.03. The molecule has 0 spiro atoms. The summed E-state index contributed by atoms with van der Waals surface area (Å²) >= 11 is 0. The zero-order chi connectivity index (χ0) is 10.1. The highest BCUT2D eigenvalue weighted by Crippen LogP contribution is 2.23. The van der Waals surface area contributed by atoms with Crippen molar-refractivity contribution < 1.29 is 0 Å². The van der Waals surface area contributed by atoms with Gasteiger partial charge in [0.05, 0.1) is 0 Å². The van der Waals surface area contributed by atoms with Crippen molar-refractivity contribution in [3.63, 3.8) is 0 Å². The Labute approximate surface area is 82.1 Å². The van der Waals surface area contributed by atoms with Gasteiger partial charge >= 0.3 is 0 Å². The van der Waals surface area contributed by atoms with Crippen molar-refractivity contribution >= 4 is 0 Å². The Morgan fingerprint density at radius 3 is 2.38 bits per heavy atom. The number of hydrogen-bond acceptors (Lipinski definition) is 1. The molecule has 13 heavy (non-hydrogen) atoms. The van der Waals surface area contributed by atoms with E-state index in [1.165, 1.54) is 12.1 Å². The lowest BCUT2D eigenvalue weighted by Gasteiger charge is -2.36. The topological polar surface area (TPSA) is 3.24 Å². The van der Waals surface area contributed by atoms with Gasteiger partial charge in [0, 0.05) is 18.3 Å². The van der Waals surface area contributed by atoms with Gasteiger partial charge in [-0.1, -0.05) is 19.1 Å². The molecule has 0 fully saturated rings. The van der Waals surface area contributed by atoms with E-state index in [0.717, 1.165) is 0 Å². The average Bonchev–Trinajstić information content (AvgIpc) is 2.03. The van der Waals surface area contributed by atoms with Gasteiger partial charge in [-0.3, -0.25) is 0 Å².